The highest BCUT2D eigenvalue weighted by Crippen LogP contribution is 2.42. The Morgan fingerprint density at radius 3 is 2.45 bits per heavy atom. The van der Waals surface area contributed by atoms with E-state index >= 15 is 0 Å². The Balaban J connectivity index is 0.000000265. The van der Waals surface area contributed by atoms with Gasteiger partial charge >= 0.3 is 0 Å². The summed E-state index contributed by atoms with van der Waals surface area (Å²) < 4.78 is 2.04. The van der Waals surface area contributed by atoms with Crippen LogP contribution in [0.2, 0.25) is 5.02 Å². The predicted molar refractivity (Wildman–Crippen MR) is 164 cm³/mol. The van der Waals surface area contributed by atoms with Gasteiger partial charge in [0, 0.05) is 30.0 Å². The first-order valence-corrected chi connectivity index (χ1v) is 14.8. The van der Waals surface area contributed by atoms with E-state index in [1.807, 2.05) is 46.6 Å². The molecule has 2 N–H and O–H groups in total. The number of fused-ring (bicyclic) bond motifs is 1. The molecule has 0 spiro atoms. The number of carbonyl (C=O) groups excluding carboxylic acids is 2. The van der Waals surface area contributed by atoms with Crippen LogP contribution in [0.25, 0.3) is 5.65 Å². The molecule has 10 nitrogen and oxygen atoms in total. The van der Waals surface area contributed by atoms with Crippen molar-refractivity contribution in [3.63, 3.8) is 0 Å². The number of aromatic nitrogens is 4. The van der Waals surface area contributed by atoms with E-state index in [0.717, 1.165) is 34.4 Å². The highest BCUT2D eigenvalue weighted by Gasteiger charge is 2.36. The number of carbonyl (C=O) groups is 2. The first-order chi connectivity index (χ1) is 20.4. The molecule has 4 aromatic rings. The topological polar surface area (TPSA) is 108 Å². The van der Waals surface area contributed by atoms with Crippen molar-refractivity contribution in [3.8, 4) is 0 Å². The van der Waals surface area contributed by atoms with E-state index in [0.29, 0.717) is 37.1 Å². The maximum atomic E-state index is 13.1. The number of amides is 2. The molecule has 0 radical (unpaired) electrons. The van der Waals surface area contributed by atoms with E-state index in [-0.39, 0.29) is 11.9 Å². The van der Waals surface area contributed by atoms with Gasteiger partial charge in [-0.05, 0) is 87.4 Å². The number of nitrogens with zero attached hydrogens (tertiary/aromatic N) is 6. The summed E-state index contributed by atoms with van der Waals surface area (Å²) in [5.41, 5.74) is 5.16. The molecule has 11 heteroatoms. The number of hydrogen-bond acceptors (Lipinski definition) is 7. The SMILES string of the molecule is CN(C)C1CCN(c2cc(C3CC3)cn3cc(CNc4cc(NC=O)ncn4)nc23)C1=O.Clc1cccc(C2CC2)c1. The molecule has 2 amide bonds. The van der Waals surface area contributed by atoms with Gasteiger partial charge in [-0.3, -0.25) is 14.5 Å². The fourth-order valence-corrected chi connectivity index (χ4v) is 5.61. The van der Waals surface area contributed by atoms with Gasteiger partial charge in [0.05, 0.1) is 24.0 Å². The van der Waals surface area contributed by atoms with Gasteiger partial charge in [0.15, 0.2) is 5.65 Å². The number of imidazole rings is 1. The van der Waals surface area contributed by atoms with Crippen LogP contribution in [0.1, 0.15) is 60.8 Å². The molecule has 2 saturated carbocycles. The molecule has 4 heterocycles. The van der Waals surface area contributed by atoms with E-state index < -0.39 is 0 Å². The summed E-state index contributed by atoms with van der Waals surface area (Å²) >= 11 is 5.82. The minimum atomic E-state index is -0.0948. The molecule has 1 atom stereocenters. The molecule has 3 aliphatic rings. The average molecular weight is 587 g/mol. The monoisotopic (exact) mass is 586 g/mol. The molecular weight excluding hydrogens is 552 g/mol. The Labute approximate surface area is 250 Å². The maximum Gasteiger partial charge on any atom is 0.244 e. The minimum Gasteiger partial charge on any atom is -0.364 e. The standard InChI is InChI=1S/C22H26N8O2.C9H9Cl/c1-28(2)17-5-6-30(22(17)32)18-7-15(14-3-4-14)10-29-11-16(27-21(18)29)9-23-19-8-20(26-13-31)25-12-24-19;10-9-3-1-2-8(6-9)7-4-5-7/h7-8,10-14,17H,3-6,9H2,1-2H3,(H2,23,24,25,26,31);1-3,6-7H,4-5H2. The van der Waals surface area contributed by atoms with Gasteiger partial charge in [-0.2, -0.15) is 0 Å². The van der Waals surface area contributed by atoms with Crippen molar-refractivity contribution in [2.24, 2.45) is 0 Å². The molecule has 7 rings (SSSR count). The van der Waals surface area contributed by atoms with Crippen molar-refractivity contribution < 1.29 is 9.59 Å². The summed E-state index contributed by atoms with van der Waals surface area (Å²) in [4.78, 5) is 40.6. The summed E-state index contributed by atoms with van der Waals surface area (Å²) in [6.07, 6.45) is 12.0. The predicted octanol–water partition coefficient (Wildman–Crippen LogP) is 5.07. The summed E-state index contributed by atoms with van der Waals surface area (Å²) in [7, 11) is 3.90. The zero-order valence-corrected chi connectivity index (χ0v) is 24.6. The zero-order chi connectivity index (χ0) is 29.2. The number of rotatable bonds is 9. The molecule has 0 bridgehead atoms. The second-order valence-corrected chi connectivity index (χ2v) is 11.8. The van der Waals surface area contributed by atoms with E-state index in [9.17, 15) is 9.59 Å². The number of benzene rings is 1. The van der Waals surface area contributed by atoms with Gasteiger partial charge in [-0.15, -0.1) is 0 Å². The molecule has 1 saturated heterocycles. The lowest BCUT2D eigenvalue weighted by molar-refractivity contribution is -0.120. The normalized spacial score (nSPS) is 18.2. The Kier molecular flexibility index (Phi) is 8.08. The number of hydrogen-bond donors (Lipinski definition) is 2. The molecule has 1 aliphatic heterocycles. The number of pyridine rings is 1. The summed E-state index contributed by atoms with van der Waals surface area (Å²) in [5, 5.41) is 6.60. The Hall–Kier alpha value is -4.02. The fourth-order valence-electron chi connectivity index (χ4n) is 5.41. The van der Waals surface area contributed by atoms with Crippen molar-refractivity contribution in [2.45, 2.75) is 56.5 Å². The molecule has 3 aromatic heterocycles. The zero-order valence-electron chi connectivity index (χ0n) is 23.8. The van der Waals surface area contributed by atoms with E-state index in [4.69, 9.17) is 16.6 Å². The minimum absolute atomic E-state index is 0.0948. The van der Waals surface area contributed by atoms with Crippen LogP contribution in [-0.2, 0) is 16.1 Å². The van der Waals surface area contributed by atoms with E-state index in [2.05, 4.69) is 45.0 Å². The van der Waals surface area contributed by atoms with Crippen LogP contribution in [0.15, 0.2) is 55.1 Å². The van der Waals surface area contributed by atoms with Crippen molar-refractivity contribution in [1.82, 2.24) is 24.3 Å². The maximum absolute atomic E-state index is 13.1. The third kappa shape index (κ3) is 6.39. The number of halogens is 1. The number of likely N-dealkylation sites (N-methyl/N-ethyl adjacent to an activating group) is 1. The first kappa shape index (κ1) is 28.1. The largest absolute Gasteiger partial charge is 0.364 e. The summed E-state index contributed by atoms with van der Waals surface area (Å²) in [5.74, 6) is 2.52. The molecule has 42 heavy (non-hydrogen) atoms. The number of nitrogens with one attached hydrogen (secondary N) is 2. The highest BCUT2D eigenvalue weighted by atomic mass is 35.5. The van der Waals surface area contributed by atoms with Gasteiger partial charge in [-0.1, -0.05) is 23.7 Å². The van der Waals surface area contributed by atoms with Crippen molar-refractivity contribution in [1.29, 1.82) is 0 Å². The molecular formula is C31H35ClN8O2. The van der Waals surface area contributed by atoms with Crippen molar-refractivity contribution in [3.05, 3.63) is 77.0 Å². The molecule has 1 unspecified atom stereocenters. The Morgan fingerprint density at radius 1 is 1.00 bits per heavy atom. The quantitative estimate of drug-likeness (QED) is 0.264. The van der Waals surface area contributed by atoms with Crippen LogP contribution in [0.4, 0.5) is 17.3 Å². The molecule has 1 aromatic carbocycles. The van der Waals surface area contributed by atoms with Crippen LogP contribution in [-0.4, -0.2) is 63.3 Å². The van der Waals surface area contributed by atoms with Gasteiger partial charge in [0.2, 0.25) is 12.3 Å². The molecule has 218 valence electrons. The van der Waals surface area contributed by atoms with E-state index in [1.165, 1.54) is 43.1 Å². The lowest BCUT2D eigenvalue weighted by Gasteiger charge is -2.21. The van der Waals surface area contributed by atoms with E-state index in [1.54, 1.807) is 6.07 Å². The second kappa shape index (κ2) is 12.1. The second-order valence-electron chi connectivity index (χ2n) is 11.4. The molecule has 2 aliphatic carbocycles. The van der Waals surface area contributed by atoms with Crippen LogP contribution >= 0.6 is 11.6 Å². The first-order valence-electron chi connectivity index (χ1n) is 14.4. The third-order valence-corrected chi connectivity index (χ3v) is 8.20. The lowest BCUT2D eigenvalue weighted by Crippen LogP contribution is -2.37. The van der Waals surface area contributed by atoms with Crippen LogP contribution in [0.3, 0.4) is 0 Å². The smallest absolute Gasteiger partial charge is 0.244 e. The number of anilines is 3. The van der Waals surface area contributed by atoms with Crippen molar-refractivity contribution in [2.75, 3.05) is 36.2 Å². The summed E-state index contributed by atoms with van der Waals surface area (Å²) in [6.45, 7) is 1.14. The van der Waals surface area contributed by atoms with Crippen LogP contribution in [0.5, 0.6) is 0 Å². The average Bonchev–Trinajstić information content (AvgIpc) is 3.91. The highest BCUT2D eigenvalue weighted by molar-refractivity contribution is 6.30. The third-order valence-electron chi connectivity index (χ3n) is 7.96. The van der Waals surface area contributed by atoms with Crippen LogP contribution < -0.4 is 15.5 Å². The van der Waals surface area contributed by atoms with Crippen molar-refractivity contribution >= 4 is 46.9 Å². The summed E-state index contributed by atoms with van der Waals surface area (Å²) in [6, 6.07) is 11.9. The van der Waals surface area contributed by atoms with Crippen LogP contribution in [0, 0.1) is 0 Å². The molecule has 3 fully saturated rings. The van der Waals surface area contributed by atoms with Gasteiger partial charge in [-0.25, -0.2) is 15.0 Å². The lowest BCUT2D eigenvalue weighted by atomic mass is 10.1. The van der Waals surface area contributed by atoms with Gasteiger partial charge in [0.25, 0.3) is 0 Å². The Morgan fingerprint density at radius 2 is 1.76 bits per heavy atom. The van der Waals surface area contributed by atoms with Gasteiger partial charge < -0.3 is 19.9 Å². The van der Waals surface area contributed by atoms with Gasteiger partial charge in [0.1, 0.15) is 18.0 Å². The Bertz CT molecular complexity index is 1600. The fraction of sp³-hybridized carbons (Fsp3) is 0.387.